The average molecular weight is 330 g/mol. The number of carbonyl (C=O) groups excluding carboxylic acids is 1. The molecular weight excluding hydrogens is 314 g/mol. The van der Waals surface area contributed by atoms with E-state index in [1.54, 1.807) is 31.2 Å². The number of nitrogens with one attached hydrogen (secondary N) is 1. The van der Waals surface area contributed by atoms with Gasteiger partial charge in [-0.15, -0.1) is 0 Å². The first-order valence-corrected chi connectivity index (χ1v) is 7.57. The Kier molecular flexibility index (Phi) is 4.55. The molecule has 1 N–H and O–H groups in total. The van der Waals surface area contributed by atoms with Gasteiger partial charge in [-0.3, -0.25) is 4.79 Å². The number of oxime groups is 1. The summed E-state index contributed by atoms with van der Waals surface area (Å²) in [6.07, 6.45) is -0.489. The highest BCUT2D eigenvalue weighted by molar-refractivity contribution is 6.04. The van der Waals surface area contributed by atoms with Gasteiger partial charge >= 0.3 is 0 Å². The predicted octanol–water partition coefficient (Wildman–Crippen LogP) is 3.34. The van der Waals surface area contributed by atoms with Crippen LogP contribution in [0, 0.1) is 11.6 Å². The van der Waals surface area contributed by atoms with E-state index in [2.05, 4.69) is 10.5 Å². The molecule has 0 saturated heterocycles. The molecule has 0 aromatic heterocycles. The third-order valence-electron chi connectivity index (χ3n) is 3.85. The zero-order valence-corrected chi connectivity index (χ0v) is 13.0. The van der Waals surface area contributed by atoms with Gasteiger partial charge in [0.2, 0.25) is 6.10 Å². The topological polar surface area (TPSA) is 50.7 Å². The summed E-state index contributed by atoms with van der Waals surface area (Å²) in [6, 6.07) is 11.6. The van der Waals surface area contributed by atoms with Crippen LogP contribution in [0.1, 0.15) is 30.5 Å². The Morgan fingerprint density at radius 1 is 1.21 bits per heavy atom. The van der Waals surface area contributed by atoms with E-state index in [0.717, 1.165) is 5.56 Å². The Labute approximate surface area is 138 Å². The van der Waals surface area contributed by atoms with Crippen LogP contribution in [0.4, 0.5) is 8.78 Å². The second-order valence-corrected chi connectivity index (χ2v) is 5.63. The van der Waals surface area contributed by atoms with Crippen LogP contribution in [-0.4, -0.2) is 17.7 Å². The highest BCUT2D eigenvalue weighted by atomic mass is 19.1. The van der Waals surface area contributed by atoms with Crippen molar-refractivity contribution in [1.29, 1.82) is 0 Å². The van der Waals surface area contributed by atoms with Crippen LogP contribution in [0.2, 0.25) is 0 Å². The van der Waals surface area contributed by atoms with Gasteiger partial charge in [0, 0.05) is 12.0 Å². The van der Waals surface area contributed by atoms with E-state index >= 15 is 0 Å². The summed E-state index contributed by atoms with van der Waals surface area (Å²) < 4.78 is 26.2. The molecule has 0 radical (unpaired) electrons. The molecule has 1 aliphatic rings. The number of hydrogen-bond donors (Lipinski definition) is 1. The molecule has 3 rings (SSSR count). The molecule has 2 aromatic rings. The molecule has 0 aliphatic carbocycles. The number of rotatable bonds is 4. The zero-order valence-electron chi connectivity index (χ0n) is 13.0. The first-order valence-electron chi connectivity index (χ1n) is 7.57. The second-order valence-electron chi connectivity index (χ2n) is 5.63. The van der Waals surface area contributed by atoms with Crippen molar-refractivity contribution in [3.8, 4) is 0 Å². The van der Waals surface area contributed by atoms with Gasteiger partial charge in [-0.25, -0.2) is 8.78 Å². The van der Waals surface area contributed by atoms with Gasteiger partial charge < -0.3 is 10.2 Å². The summed E-state index contributed by atoms with van der Waals surface area (Å²) in [6.45, 7) is 1.80. The normalized spacial score (nSPS) is 17.8. The largest absolute Gasteiger partial charge is 0.382 e. The van der Waals surface area contributed by atoms with Gasteiger partial charge in [-0.1, -0.05) is 29.4 Å². The molecule has 0 saturated carbocycles. The maximum absolute atomic E-state index is 13.3. The number of halogens is 2. The van der Waals surface area contributed by atoms with Crippen molar-refractivity contribution in [3.63, 3.8) is 0 Å². The SMILES string of the molecule is CC(NC(=O)C1CC(c2cccc(F)c2)=NO1)c1ccc(F)cc1. The van der Waals surface area contributed by atoms with E-state index in [-0.39, 0.29) is 30.0 Å². The van der Waals surface area contributed by atoms with Gasteiger partial charge in [-0.05, 0) is 36.8 Å². The summed E-state index contributed by atoms with van der Waals surface area (Å²) in [5.41, 5.74) is 1.91. The van der Waals surface area contributed by atoms with Crippen molar-refractivity contribution in [2.75, 3.05) is 0 Å². The molecule has 1 heterocycles. The zero-order chi connectivity index (χ0) is 17.1. The molecule has 0 fully saturated rings. The van der Waals surface area contributed by atoms with E-state index in [0.29, 0.717) is 11.3 Å². The van der Waals surface area contributed by atoms with Crippen molar-refractivity contribution in [2.45, 2.75) is 25.5 Å². The Morgan fingerprint density at radius 2 is 1.96 bits per heavy atom. The minimum absolute atomic E-state index is 0.269. The molecule has 2 unspecified atom stereocenters. The molecular formula is C18H16F2N2O2. The third-order valence-corrected chi connectivity index (χ3v) is 3.85. The first-order chi connectivity index (χ1) is 11.5. The van der Waals surface area contributed by atoms with Gasteiger partial charge in [0.05, 0.1) is 11.8 Å². The third kappa shape index (κ3) is 3.59. The quantitative estimate of drug-likeness (QED) is 0.935. The van der Waals surface area contributed by atoms with E-state index in [4.69, 9.17) is 4.84 Å². The van der Waals surface area contributed by atoms with Crippen molar-refractivity contribution in [1.82, 2.24) is 5.32 Å². The lowest BCUT2D eigenvalue weighted by Crippen LogP contribution is -2.36. The summed E-state index contributed by atoms with van der Waals surface area (Å²) in [5, 5.41) is 6.69. The Balaban J connectivity index is 1.60. The van der Waals surface area contributed by atoms with Crippen LogP contribution >= 0.6 is 0 Å². The van der Waals surface area contributed by atoms with E-state index in [1.807, 2.05) is 0 Å². The van der Waals surface area contributed by atoms with E-state index < -0.39 is 6.10 Å². The van der Waals surface area contributed by atoms with Crippen LogP contribution in [0.25, 0.3) is 0 Å². The Hall–Kier alpha value is -2.76. The molecule has 1 amide bonds. The lowest BCUT2D eigenvalue weighted by molar-refractivity contribution is -0.131. The van der Waals surface area contributed by atoms with E-state index in [1.165, 1.54) is 24.3 Å². The Morgan fingerprint density at radius 3 is 2.67 bits per heavy atom. The molecule has 0 spiro atoms. The predicted molar refractivity (Wildman–Crippen MR) is 85.4 cm³/mol. The van der Waals surface area contributed by atoms with Crippen molar-refractivity contribution >= 4 is 11.6 Å². The number of hydrogen-bond acceptors (Lipinski definition) is 3. The van der Waals surface area contributed by atoms with Crippen molar-refractivity contribution < 1.29 is 18.4 Å². The number of amides is 1. The molecule has 124 valence electrons. The molecule has 2 atom stereocenters. The molecule has 6 heteroatoms. The number of benzene rings is 2. The van der Waals surface area contributed by atoms with Gasteiger partial charge in [0.15, 0.2) is 0 Å². The van der Waals surface area contributed by atoms with Crippen molar-refractivity contribution in [2.24, 2.45) is 5.16 Å². The van der Waals surface area contributed by atoms with Gasteiger partial charge in [0.1, 0.15) is 11.6 Å². The van der Waals surface area contributed by atoms with Gasteiger partial charge in [-0.2, -0.15) is 0 Å². The fourth-order valence-corrected chi connectivity index (χ4v) is 2.50. The molecule has 24 heavy (non-hydrogen) atoms. The fourth-order valence-electron chi connectivity index (χ4n) is 2.50. The minimum Gasteiger partial charge on any atom is -0.382 e. The fraction of sp³-hybridized carbons (Fsp3) is 0.222. The highest BCUT2D eigenvalue weighted by Gasteiger charge is 2.29. The van der Waals surface area contributed by atoms with Crippen LogP contribution in [0.15, 0.2) is 53.7 Å². The molecule has 2 aromatic carbocycles. The molecule has 0 bridgehead atoms. The number of carbonyl (C=O) groups is 1. The second kappa shape index (κ2) is 6.78. The van der Waals surface area contributed by atoms with E-state index in [9.17, 15) is 13.6 Å². The monoisotopic (exact) mass is 330 g/mol. The lowest BCUT2D eigenvalue weighted by Gasteiger charge is -2.16. The lowest BCUT2D eigenvalue weighted by atomic mass is 10.0. The first kappa shape index (κ1) is 16.1. The van der Waals surface area contributed by atoms with Gasteiger partial charge in [0.25, 0.3) is 5.91 Å². The maximum atomic E-state index is 13.3. The summed E-state index contributed by atoms with van der Waals surface area (Å²) in [5.74, 6) is -1.01. The Bertz CT molecular complexity index is 775. The van der Waals surface area contributed by atoms with Crippen molar-refractivity contribution in [3.05, 3.63) is 71.3 Å². The smallest absolute Gasteiger partial charge is 0.264 e. The maximum Gasteiger partial charge on any atom is 0.264 e. The minimum atomic E-state index is -0.758. The molecule has 1 aliphatic heterocycles. The standard InChI is InChI=1S/C18H16F2N2O2/c1-11(12-5-7-14(19)8-6-12)21-18(23)17-10-16(22-24-17)13-3-2-4-15(20)9-13/h2-9,11,17H,10H2,1H3,(H,21,23). The summed E-state index contributed by atoms with van der Waals surface area (Å²) in [7, 11) is 0. The average Bonchev–Trinajstić information content (AvgIpc) is 3.05. The summed E-state index contributed by atoms with van der Waals surface area (Å²) in [4.78, 5) is 17.5. The van der Waals surface area contributed by atoms with Crippen LogP contribution in [0.3, 0.4) is 0 Å². The number of nitrogens with zero attached hydrogens (tertiary/aromatic N) is 1. The van der Waals surface area contributed by atoms with Crippen LogP contribution in [-0.2, 0) is 9.63 Å². The van der Waals surface area contributed by atoms with Crippen LogP contribution in [0.5, 0.6) is 0 Å². The highest BCUT2D eigenvalue weighted by Crippen LogP contribution is 2.19. The summed E-state index contributed by atoms with van der Waals surface area (Å²) >= 11 is 0. The van der Waals surface area contributed by atoms with Crippen LogP contribution < -0.4 is 5.32 Å². The molecule has 4 nitrogen and oxygen atoms in total.